The van der Waals surface area contributed by atoms with Crippen LogP contribution >= 0.6 is 0 Å². The van der Waals surface area contributed by atoms with E-state index in [1.807, 2.05) is 26.0 Å². The van der Waals surface area contributed by atoms with Crippen LogP contribution in [0.25, 0.3) is 10.9 Å². The zero-order valence-corrected chi connectivity index (χ0v) is 16.2. The van der Waals surface area contributed by atoms with Crippen molar-refractivity contribution in [3.63, 3.8) is 0 Å². The molecule has 0 unspecified atom stereocenters. The molecule has 2 N–H and O–H groups in total. The number of aromatic nitrogens is 1. The van der Waals surface area contributed by atoms with E-state index in [2.05, 4.69) is 10.3 Å². The number of hydrogen-bond acceptors (Lipinski definition) is 5. The highest BCUT2D eigenvalue weighted by atomic mass is 16.5. The minimum atomic E-state index is -0.631. The molecule has 0 aliphatic heterocycles. The van der Waals surface area contributed by atoms with Gasteiger partial charge in [0.25, 0.3) is 5.91 Å². The number of amides is 1. The quantitative estimate of drug-likeness (QED) is 0.636. The van der Waals surface area contributed by atoms with E-state index in [-0.39, 0.29) is 12.3 Å². The highest BCUT2D eigenvalue weighted by Crippen LogP contribution is 2.31. The molecule has 1 aromatic heterocycles. The molecule has 2 aromatic carbocycles. The molecule has 0 saturated heterocycles. The average Bonchev–Trinajstić information content (AvgIpc) is 3.13. The summed E-state index contributed by atoms with van der Waals surface area (Å²) in [5, 5.41) is 3.49. The topological polar surface area (TPSA) is 89.7 Å². The van der Waals surface area contributed by atoms with Crippen molar-refractivity contribution in [3.05, 3.63) is 53.2 Å². The van der Waals surface area contributed by atoms with Gasteiger partial charge >= 0.3 is 5.97 Å². The van der Waals surface area contributed by atoms with E-state index < -0.39 is 11.9 Å². The van der Waals surface area contributed by atoms with Gasteiger partial charge < -0.3 is 24.5 Å². The number of carbonyl (C=O) groups excluding carboxylic acids is 2. The van der Waals surface area contributed by atoms with Gasteiger partial charge in [-0.25, -0.2) is 4.79 Å². The molecular weight excluding hydrogens is 360 g/mol. The van der Waals surface area contributed by atoms with Crippen molar-refractivity contribution in [3.8, 4) is 11.5 Å². The van der Waals surface area contributed by atoms with E-state index in [0.29, 0.717) is 22.7 Å². The lowest BCUT2D eigenvalue weighted by atomic mass is 10.1. The number of rotatable bonds is 6. The van der Waals surface area contributed by atoms with Gasteiger partial charge in [0.1, 0.15) is 17.2 Å². The number of ether oxygens (including phenoxy) is 3. The Morgan fingerprint density at radius 3 is 2.57 bits per heavy atom. The van der Waals surface area contributed by atoms with Crippen molar-refractivity contribution >= 4 is 28.5 Å². The van der Waals surface area contributed by atoms with Gasteiger partial charge in [-0.2, -0.15) is 0 Å². The number of carbonyl (C=O) groups is 2. The fraction of sp³-hybridized carbons (Fsp3) is 0.238. The predicted octanol–water partition coefficient (Wildman–Crippen LogP) is 3.60. The molecular formula is C21H22N2O5. The molecule has 0 saturated carbocycles. The Morgan fingerprint density at radius 2 is 1.86 bits per heavy atom. The van der Waals surface area contributed by atoms with Crippen LogP contribution in [0.15, 0.2) is 36.4 Å². The summed E-state index contributed by atoms with van der Waals surface area (Å²) >= 11 is 0. The van der Waals surface area contributed by atoms with Crippen molar-refractivity contribution in [2.24, 2.45) is 0 Å². The van der Waals surface area contributed by atoms with Crippen LogP contribution in [-0.4, -0.2) is 37.7 Å². The molecule has 0 radical (unpaired) electrons. The van der Waals surface area contributed by atoms with E-state index in [1.165, 1.54) is 7.11 Å². The molecule has 0 aliphatic rings. The molecule has 1 amide bonds. The second-order valence-corrected chi connectivity index (χ2v) is 6.35. The van der Waals surface area contributed by atoms with E-state index in [4.69, 9.17) is 14.2 Å². The van der Waals surface area contributed by atoms with Crippen molar-refractivity contribution < 1.29 is 23.8 Å². The van der Waals surface area contributed by atoms with Gasteiger partial charge in [-0.3, -0.25) is 4.79 Å². The lowest BCUT2D eigenvalue weighted by molar-refractivity contribution is -0.119. The van der Waals surface area contributed by atoms with Crippen molar-refractivity contribution in [1.29, 1.82) is 0 Å². The largest absolute Gasteiger partial charge is 0.497 e. The number of hydrogen-bond donors (Lipinski definition) is 2. The van der Waals surface area contributed by atoms with Crippen LogP contribution in [0.1, 0.15) is 21.6 Å². The lowest BCUT2D eigenvalue weighted by Crippen LogP contribution is -2.21. The van der Waals surface area contributed by atoms with E-state index in [9.17, 15) is 9.59 Å². The van der Waals surface area contributed by atoms with E-state index in [0.717, 1.165) is 16.5 Å². The number of nitrogens with one attached hydrogen (secondary N) is 2. The second-order valence-electron chi connectivity index (χ2n) is 6.35. The molecule has 0 spiro atoms. The number of H-pyrrole nitrogens is 1. The summed E-state index contributed by atoms with van der Waals surface area (Å²) in [7, 11) is 3.08. The molecule has 0 atom stereocenters. The first-order valence-electron chi connectivity index (χ1n) is 8.71. The van der Waals surface area contributed by atoms with Crippen LogP contribution in [0.3, 0.4) is 0 Å². The minimum absolute atomic E-state index is 0.223. The van der Waals surface area contributed by atoms with Crippen LogP contribution in [-0.2, 0) is 9.53 Å². The Balaban J connectivity index is 1.69. The van der Waals surface area contributed by atoms with Crippen LogP contribution in [0.4, 0.5) is 5.69 Å². The van der Waals surface area contributed by atoms with E-state index in [1.54, 1.807) is 31.4 Å². The van der Waals surface area contributed by atoms with Crippen molar-refractivity contribution in [2.75, 3.05) is 26.1 Å². The Labute approximate surface area is 162 Å². The summed E-state index contributed by atoms with van der Waals surface area (Å²) in [5.74, 6) is 0.114. The Bertz CT molecular complexity index is 1040. The third-order valence-electron chi connectivity index (χ3n) is 4.55. The number of aryl methyl sites for hydroxylation is 1. The molecule has 7 heteroatoms. The lowest BCUT2D eigenvalue weighted by Gasteiger charge is -2.10. The summed E-state index contributed by atoms with van der Waals surface area (Å²) in [6, 6.07) is 10.7. The van der Waals surface area contributed by atoms with Gasteiger partial charge in [-0.1, -0.05) is 12.1 Å². The molecule has 3 aromatic rings. The highest BCUT2D eigenvalue weighted by molar-refractivity contribution is 5.99. The maximum Gasteiger partial charge on any atom is 0.355 e. The highest BCUT2D eigenvalue weighted by Gasteiger charge is 2.16. The van der Waals surface area contributed by atoms with Gasteiger partial charge in [-0.15, -0.1) is 0 Å². The zero-order chi connectivity index (χ0) is 20.3. The van der Waals surface area contributed by atoms with Crippen LogP contribution in [0.5, 0.6) is 11.5 Å². The molecule has 146 valence electrons. The maximum atomic E-state index is 12.3. The average molecular weight is 382 g/mol. The molecule has 1 heterocycles. The molecule has 0 bridgehead atoms. The first kappa shape index (κ1) is 19.3. The minimum Gasteiger partial charge on any atom is -0.497 e. The standard InChI is InChI=1S/C21H22N2O5/c1-12-6-5-7-16(13(12)2)22-19(24)11-28-21(25)17-9-14-8-15(26-3)10-18(27-4)20(14)23-17/h5-10,23H,11H2,1-4H3,(H,22,24). The summed E-state index contributed by atoms with van der Waals surface area (Å²) in [6.45, 7) is 3.50. The first-order valence-corrected chi connectivity index (χ1v) is 8.71. The van der Waals surface area contributed by atoms with Gasteiger partial charge in [0.05, 0.1) is 19.7 Å². The van der Waals surface area contributed by atoms with Crippen LogP contribution < -0.4 is 14.8 Å². The number of aromatic amines is 1. The van der Waals surface area contributed by atoms with Gasteiger partial charge in [0.2, 0.25) is 0 Å². The zero-order valence-electron chi connectivity index (χ0n) is 16.2. The number of esters is 1. The Morgan fingerprint density at radius 1 is 1.07 bits per heavy atom. The fourth-order valence-corrected chi connectivity index (χ4v) is 2.86. The summed E-state index contributed by atoms with van der Waals surface area (Å²) < 4.78 is 15.7. The Hall–Kier alpha value is -3.48. The number of anilines is 1. The van der Waals surface area contributed by atoms with Crippen LogP contribution in [0.2, 0.25) is 0 Å². The second kappa shape index (κ2) is 8.04. The summed E-state index contributed by atoms with van der Waals surface area (Å²) in [5.41, 5.74) is 3.61. The number of methoxy groups -OCH3 is 2. The molecule has 7 nitrogen and oxygen atoms in total. The van der Waals surface area contributed by atoms with Gasteiger partial charge in [0.15, 0.2) is 6.61 Å². The third-order valence-corrected chi connectivity index (χ3v) is 4.55. The summed E-state index contributed by atoms with van der Waals surface area (Å²) in [4.78, 5) is 27.4. The molecule has 0 fully saturated rings. The monoisotopic (exact) mass is 382 g/mol. The predicted molar refractivity (Wildman–Crippen MR) is 106 cm³/mol. The van der Waals surface area contributed by atoms with Crippen LogP contribution in [0, 0.1) is 13.8 Å². The molecule has 0 aliphatic carbocycles. The first-order chi connectivity index (χ1) is 13.4. The Kier molecular flexibility index (Phi) is 5.54. The van der Waals surface area contributed by atoms with Gasteiger partial charge in [-0.05, 0) is 43.2 Å². The van der Waals surface area contributed by atoms with E-state index >= 15 is 0 Å². The van der Waals surface area contributed by atoms with Crippen molar-refractivity contribution in [2.45, 2.75) is 13.8 Å². The molecule has 3 rings (SSSR count). The number of benzene rings is 2. The summed E-state index contributed by atoms with van der Waals surface area (Å²) in [6.07, 6.45) is 0. The van der Waals surface area contributed by atoms with Crippen molar-refractivity contribution in [1.82, 2.24) is 4.98 Å². The van der Waals surface area contributed by atoms with Gasteiger partial charge in [0, 0.05) is 17.1 Å². The molecule has 28 heavy (non-hydrogen) atoms. The maximum absolute atomic E-state index is 12.3. The SMILES string of the molecule is COc1cc(OC)c2[nH]c(C(=O)OCC(=O)Nc3cccc(C)c3C)cc2c1. The third kappa shape index (κ3) is 3.93. The normalized spacial score (nSPS) is 10.6. The fourth-order valence-electron chi connectivity index (χ4n) is 2.86. The smallest absolute Gasteiger partial charge is 0.355 e. The number of fused-ring (bicyclic) bond motifs is 1.